The number of nitrogens with zero attached hydrogens (tertiary/aromatic N) is 2. The summed E-state index contributed by atoms with van der Waals surface area (Å²) in [5, 5.41) is 6.86. The van der Waals surface area contributed by atoms with Gasteiger partial charge in [0.2, 0.25) is 0 Å². The molecule has 9 heteroatoms. The van der Waals surface area contributed by atoms with Crippen LogP contribution in [0.5, 0.6) is 0 Å². The highest BCUT2D eigenvalue weighted by molar-refractivity contribution is 7.15. The fourth-order valence-electron chi connectivity index (χ4n) is 2.65. The van der Waals surface area contributed by atoms with Crippen molar-refractivity contribution in [3.8, 4) is 0 Å². The lowest BCUT2D eigenvalue weighted by atomic mass is 10.1. The Labute approximate surface area is 165 Å². The van der Waals surface area contributed by atoms with Crippen molar-refractivity contribution in [2.24, 2.45) is 0 Å². The number of carbonyl (C=O) groups excluding carboxylic acids is 2. The van der Waals surface area contributed by atoms with Crippen LogP contribution in [0.25, 0.3) is 0 Å². The van der Waals surface area contributed by atoms with Gasteiger partial charge >= 0.3 is 6.03 Å². The Morgan fingerprint density at radius 1 is 1.31 bits per heavy atom. The molecule has 1 aromatic carbocycles. The number of carbonyl (C=O) groups is 2. The van der Waals surface area contributed by atoms with Crippen LogP contribution in [-0.4, -0.2) is 34.4 Å². The molecule has 0 atom stereocenters. The summed E-state index contributed by atoms with van der Waals surface area (Å²) in [4.78, 5) is 31.7. The molecule has 0 unspecified atom stereocenters. The first-order valence-corrected chi connectivity index (χ1v) is 9.71. The van der Waals surface area contributed by atoms with Gasteiger partial charge in [0.25, 0.3) is 5.91 Å². The van der Waals surface area contributed by atoms with Crippen molar-refractivity contribution in [1.82, 2.24) is 15.2 Å². The molecule has 3 amide bonds. The second-order valence-corrected chi connectivity index (χ2v) is 8.17. The molecule has 0 aliphatic carbocycles. The average molecular weight is 413 g/mol. The molecule has 3 rings (SSSR count). The Balaban J connectivity index is 1.71. The Bertz CT molecular complexity index is 853. The molecule has 1 aliphatic rings. The maximum absolute atomic E-state index is 12.8. The number of urea groups is 1. The number of amides is 3. The van der Waals surface area contributed by atoms with Crippen LogP contribution in [0.1, 0.15) is 34.8 Å². The molecule has 0 saturated heterocycles. The van der Waals surface area contributed by atoms with E-state index < -0.39 is 0 Å². The molecule has 1 aromatic heterocycles. The summed E-state index contributed by atoms with van der Waals surface area (Å²) in [6.07, 6.45) is 0.635. The van der Waals surface area contributed by atoms with Gasteiger partial charge < -0.3 is 10.2 Å². The van der Waals surface area contributed by atoms with Crippen LogP contribution in [-0.2, 0) is 13.0 Å². The lowest BCUT2D eigenvalue weighted by molar-refractivity contribution is 0.0736. The topological polar surface area (TPSA) is 74.3 Å². The van der Waals surface area contributed by atoms with Gasteiger partial charge in [0, 0.05) is 28.9 Å². The third kappa shape index (κ3) is 4.28. The molecule has 138 valence electrons. The lowest BCUT2D eigenvalue weighted by Gasteiger charge is -2.26. The van der Waals surface area contributed by atoms with E-state index >= 15 is 0 Å². The van der Waals surface area contributed by atoms with E-state index in [0.29, 0.717) is 40.3 Å². The zero-order valence-electron chi connectivity index (χ0n) is 14.3. The highest BCUT2D eigenvalue weighted by Gasteiger charge is 2.26. The second kappa shape index (κ2) is 7.82. The van der Waals surface area contributed by atoms with Crippen molar-refractivity contribution in [1.29, 1.82) is 0 Å². The molecule has 0 spiro atoms. The van der Waals surface area contributed by atoms with Gasteiger partial charge in [-0.25, -0.2) is 9.78 Å². The number of hydrogen-bond donors (Lipinski definition) is 2. The molecule has 26 heavy (non-hydrogen) atoms. The number of nitrogens with one attached hydrogen (secondary N) is 2. The number of halogens is 2. The maximum Gasteiger partial charge on any atom is 0.321 e. The normalized spacial score (nSPS) is 13.5. The van der Waals surface area contributed by atoms with Crippen LogP contribution in [0.2, 0.25) is 10.0 Å². The van der Waals surface area contributed by atoms with Crippen LogP contribution < -0.4 is 10.6 Å². The minimum Gasteiger partial charge on any atom is -0.336 e. The maximum atomic E-state index is 12.8. The van der Waals surface area contributed by atoms with Gasteiger partial charge in [-0.05, 0) is 32.0 Å². The fraction of sp³-hybridized carbons (Fsp3) is 0.353. The molecule has 2 heterocycles. The molecule has 6 nitrogen and oxygen atoms in total. The van der Waals surface area contributed by atoms with Gasteiger partial charge in [0.1, 0.15) is 0 Å². The summed E-state index contributed by atoms with van der Waals surface area (Å²) in [6, 6.07) is 4.61. The van der Waals surface area contributed by atoms with Gasteiger partial charge in [-0.15, -0.1) is 0 Å². The molecule has 0 saturated carbocycles. The van der Waals surface area contributed by atoms with Gasteiger partial charge in [-0.3, -0.25) is 10.1 Å². The zero-order chi connectivity index (χ0) is 18.8. The first-order chi connectivity index (χ1) is 12.3. The molecular weight excluding hydrogens is 395 g/mol. The predicted molar refractivity (Wildman–Crippen MR) is 104 cm³/mol. The zero-order valence-corrected chi connectivity index (χ0v) is 16.6. The van der Waals surface area contributed by atoms with Crippen LogP contribution in [0.15, 0.2) is 18.2 Å². The van der Waals surface area contributed by atoms with E-state index in [0.717, 1.165) is 10.6 Å². The quantitative estimate of drug-likeness (QED) is 0.793. The SMILES string of the molecule is CC(C)NC(=O)Nc1nc2c(s1)CN(C(=O)c1ccc(Cl)cc1Cl)CC2. The van der Waals surface area contributed by atoms with E-state index in [4.69, 9.17) is 23.2 Å². The molecule has 0 bridgehead atoms. The Morgan fingerprint density at radius 3 is 2.77 bits per heavy atom. The largest absolute Gasteiger partial charge is 0.336 e. The minimum atomic E-state index is -0.285. The first kappa shape index (κ1) is 18.9. The van der Waals surface area contributed by atoms with Crippen molar-refractivity contribution in [3.05, 3.63) is 44.4 Å². The lowest BCUT2D eigenvalue weighted by Crippen LogP contribution is -2.35. The number of aromatic nitrogens is 1. The molecule has 0 fully saturated rings. The third-order valence-electron chi connectivity index (χ3n) is 3.82. The second-order valence-electron chi connectivity index (χ2n) is 6.24. The van der Waals surface area contributed by atoms with Crippen molar-refractivity contribution in [2.75, 3.05) is 11.9 Å². The Morgan fingerprint density at radius 2 is 2.08 bits per heavy atom. The molecule has 0 radical (unpaired) electrons. The van der Waals surface area contributed by atoms with Crippen LogP contribution in [0, 0.1) is 0 Å². The van der Waals surface area contributed by atoms with Crippen LogP contribution in [0.4, 0.5) is 9.93 Å². The standard InChI is InChI=1S/C17H18Cl2N4O2S/c1-9(2)20-16(25)22-17-21-13-5-6-23(8-14(13)26-17)15(24)11-4-3-10(18)7-12(11)19/h3-4,7,9H,5-6,8H2,1-2H3,(H2,20,21,22,25). The van der Waals surface area contributed by atoms with Crippen molar-refractivity contribution in [2.45, 2.75) is 32.9 Å². The van der Waals surface area contributed by atoms with Gasteiger partial charge in [-0.2, -0.15) is 0 Å². The van der Waals surface area contributed by atoms with E-state index in [2.05, 4.69) is 15.6 Å². The van der Waals surface area contributed by atoms with Crippen molar-refractivity contribution >= 4 is 51.6 Å². The number of thiazole rings is 1. The predicted octanol–water partition coefficient (Wildman–Crippen LogP) is 4.18. The highest BCUT2D eigenvalue weighted by atomic mass is 35.5. The average Bonchev–Trinajstić information content (AvgIpc) is 2.94. The first-order valence-electron chi connectivity index (χ1n) is 8.14. The number of fused-ring (bicyclic) bond motifs is 1. The summed E-state index contributed by atoms with van der Waals surface area (Å²) in [5.41, 5.74) is 1.35. The Kier molecular flexibility index (Phi) is 5.70. The number of hydrogen-bond acceptors (Lipinski definition) is 4. The molecule has 1 aliphatic heterocycles. The third-order valence-corrected chi connectivity index (χ3v) is 5.37. The van der Waals surface area contributed by atoms with Crippen molar-refractivity contribution in [3.63, 3.8) is 0 Å². The summed E-state index contributed by atoms with van der Waals surface area (Å²) >= 11 is 13.4. The van der Waals surface area contributed by atoms with E-state index in [9.17, 15) is 9.59 Å². The van der Waals surface area contributed by atoms with Crippen LogP contribution in [0.3, 0.4) is 0 Å². The minimum absolute atomic E-state index is 0.0434. The Hall–Kier alpha value is -1.83. The number of benzene rings is 1. The van der Waals surface area contributed by atoms with E-state index in [1.165, 1.54) is 11.3 Å². The van der Waals surface area contributed by atoms with E-state index in [1.807, 2.05) is 13.8 Å². The van der Waals surface area contributed by atoms with Gasteiger partial charge in [-0.1, -0.05) is 34.5 Å². The summed E-state index contributed by atoms with van der Waals surface area (Å²) in [7, 11) is 0. The van der Waals surface area contributed by atoms with Gasteiger partial charge in [0.15, 0.2) is 5.13 Å². The summed E-state index contributed by atoms with van der Waals surface area (Å²) in [5.74, 6) is -0.141. The summed E-state index contributed by atoms with van der Waals surface area (Å²) in [6.45, 7) is 4.76. The van der Waals surface area contributed by atoms with Crippen molar-refractivity contribution < 1.29 is 9.59 Å². The molecular formula is C17H18Cl2N4O2S. The summed E-state index contributed by atoms with van der Waals surface area (Å²) < 4.78 is 0. The number of anilines is 1. The van der Waals surface area contributed by atoms with Gasteiger partial charge in [0.05, 0.1) is 22.8 Å². The van der Waals surface area contributed by atoms with Crippen LogP contribution >= 0.6 is 34.5 Å². The highest BCUT2D eigenvalue weighted by Crippen LogP contribution is 2.30. The smallest absolute Gasteiger partial charge is 0.321 e. The molecule has 2 aromatic rings. The molecule has 2 N–H and O–H groups in total. The number of rotatable bonds is 3. The van der Waals surface area contributed by atoms with E-state index in [1.54, 1.807) is 23.1 Å². The van der Waals surface area contributed by atoms with E-state index in [-0.39, 0.29) is 18.0 Å². The fourth-order valence-corrected chi connectivity index (χ4v) is 4.16. The monoisotopic (exact) mass is 412 g/mol.